The van der Waals surface area contributed by atoms with E-state index in [0.29, 0.717) is 12.0 Å². The Morgan fingerprint density at radius 3 is 2.59 bits per heavy atom. The van der Waals surface area contributed by atoms with Crippen LogP contribution in [-0.4, -0.2) is 11.1 Å². The standard InChI is InChI=1S/C19H19FO2/c20-17-7-3-4-13(10-17)11-18(19(21)22)16-9-8-14-5-1-2-6-15(14)12-16/h3-4,7-10,12,18H,1-2,5-6,11H2,(H,21,22). The molecule has 0 aromatic heterocycles. The quantitative estimate of drug-likeness (QED) is 0.922. The van der Waals surface area contributed by atoms with Gasteiger partial charge in [0.25, 0.3) is 0 Å². The van der Waals surface area contributed by atoms with Crippen LogP contribution >= 0.6 is 0 Å². The molecule has 1 aliphatic rings. The summed E-state index contributed by atoms with van der Waals surface area (Å²) in [6.07, 6.45) is 4.79. The van der Waals surface area contributed by atoms with E-state index in [-0.39, 0.29) is 5.82 Å². The molecule has 1 N–H and O–H groups in total. The summed E-state index contributed by atoms with van der Waals surface area (Å²) in [6, 6.07) is 12.2. The summed E-state index contributed by atoms with van der Waals surface area (Å²) in [7, 11) is 0. The summed E-state index contributed by atoms with van der Waals surface area (Å²) in [5.41, 5.74) is 4.14. The van der Waals surface area contributed by atoms with E-state index in [1.165, 1.54) is 29.7 Å². The van der Waals surface area contributed by atoms with Gasteiger partial charge in [0.1, 0.15) is 5.82 Å². The van der Waals surface area contributed by atoms with Crippen molar-refractivity contribution in [2.24, 2.45) is 0 Å². The Morgan fingerprint density at radius 1 is 1.09 bits per heavy atom. The molecule has 0 fully saturated rings. The number of halogens is 1. The highest BCUT2D eigenvalue weighted by molar-refractivity contribution is 5.76. The Kier molecular flexibility index (Phi) is 4.23. The highest BCUT2D eigenvalue weighted by Gasteiger charge is 2.22. The van der Waals surface area contributed by atoms with Gasteiger partial charge >= 0.3 is 5.97 Å². The van der Waals surface area contributed by atoms with Gasteiger partial charge < -0.3 is 5.11 Å². The topological polar surface area (TPSA) is 37.3 Å². The minimum Gasteiger partial charge on any atom is -0.481 e. The molecular formula is C19H19FO2. The number of carboxylic acid groups (broad SMARTS) is 1. The van der Waals surface area contributed by atoms with Gasteiger partial charge in [-0.3, -0.25) is 4.79 Å². The second kappa shape index (κ2) is 6.30. The summed E-state index contributed by atoms with van der Waals surface area (Å²) >= 11 is 0. The van der Waals surface area contributed by atoms with Crippen molar-refractivity contribution in [3.63, 3.8) is 0 Å². The average molecular weight is 298 g/mol. The molecule has 22 heavy (non-hydrogen) atoms. The minimum absolute atomic E-state index is 0.311. The van der Waals surface area contributed by atoms with E-state index in [1.54, 1.807) is 12.1 Å². The molecule has 2 aromatic carbocycles. The van der Waals surface area contributed by atoms with Crippen LogP contribution in [0, 0.1) is 5.82 Å². The van der Waals surface area contributed by atoms with E-state index in [2.05, 4.69) is 6.07 Å². The molecule has 2 aromatic rings. The molecule has 0 radical (unpaired) electrons. The van der Waals surface area contributed by atoms with Crippen LogP contribution < -0.4 is 0 Å². The van der Waals surface area contributed by atoms with Crippen LogP contribution in [0.3, 0.4) is 0 Å². The zero-order valence-corrected chi connectivity index (χ0v) is 12.4. The number of fused-ring (bicyclic) bond motifs is 1. The second-order valence-electron chi connectivity index (χ2n) is 5.96. The minimum atomic E-state index is -0.861. The zero-order chi connectivity index (χ0) is 15.5. The Hall–Kier alpha value is -2.16. The lowest BCUT2D eigenvalue weighted by Gasteiger charge is -2.19. The lowest BCUT2D eigenvalue weighted by molar-refractivity contribution is -0.138. The van der Waals surface area contributed by atoms with Gasteiger partial charge in [-0.1, -0.05) is 30.3 Å². The Morgan fingerprint density at radius 2 is 1.86 bits per heavy atom. The fourth-order valence-corrected chi connectivity index (χ4v) is 3.22. The molecular weight excluding hydrogens is 279 g/mol. The van der Waals surface area contributed by atoms with E-state index in [1.807, 2.05) is 12.1 Å². The van der Waals surface area contributed by atoms with E-state index in [0.717, 1.165) is 24.8 Å². The first-order valence-corrected chi connectivity index (χ1v) is 7.72. The average Bonchev–Trinajstić information content (AvgIpc) is 2.52. The first-order valence-electron chi connectivity index (χ1n) is 7.72. The molecule has 0 amide bonds. The summed E-state index contributed by atoms with van der Waals surface area (Å²) < 4.78 is 13.3. The third-order valence-corrected chi connectivity index (χ3v) is 4.40. The number of hydrogen-bond acceptors (Lipinski definition) is 1. The van der Waals surface area contributed by atoms with E-state index in [9.17, 15) is 14.3 Å². The molecule has 2 nitrogen and oxygen atoms in total. The van der Waals surface area contributed by atoms with Gasteiger partial charge in [-0.15, -0.1) is 0 Å². The fourth-order valence-electron chi connectivity index (χ4n) is 3.22. The van der Waals surface area contributed by atoms with Crippen LogP contribution in [0.2, 0.25) is 0 Å². The second-order valence-corrected chi connectivity index (χ2v) is 5.96. The maximum absolute atomic E-state index is 13.3. The lowest BCUT2D eigenvalue weighted by Crippen LogP contribution is -2.15. The molecule has 114 valence electrons. The molecule has 0 bridgehead atoms. The van der Waals surface area contributed by atoms with Crippen molar-refractivity contribution in [3.05, 3.63) is 70.5 Å². The van der Waals surface area contributed by atoms with E-state index < -0.39 is 11.9 Å². The van der Waals surface area contributed by atoms with Gasteiger partial charge in [0.2, 0.25) is 0 Å². The first-order chi connectivity index (χ1) is 10.6. The van der Waals surface area contributed by atoms with Crippen molar-refractivity contribution in [1.82, 2.24) is 0 Å². The molecule has 1 unspecified atom stereocenters. The fraction of sp³-hybridized carbons (Fsp3) is 0.316. The number of carboxylic acids is 1. The van der Waals surface area contributed by atoms with Crippen molar-refractivity contribution in [2.75, 3.05) is 0 Å². The highest BCUT2D eigenvalue weighted by Crippen LogP contribution is 2.28. The third kappa shape index (κ3) is 3.19. The smallest absolute Gasteiger partial charge is 0.311 e. The number of benzene rings is 2. The zero-order valence-electron chi connectivity index (χ0n) is 12.4. The molecule has 0 saturated carbocycles. The monoisotopic (exact) mass is 298 g/mol. The maximum Gasteiger partial charge on any atom is 0.311 e. The number of carbonyl (C=O) groups is 1. The number of aryl methyl sites for hydroxylation is 2. The molecule has 1 aliphatic carbocycles. The predicted molar refractivity (Wildman–Crippen MR) is 83.6 cm³/mol. The molecule has 1 atom stereocenters. The van der Waals surface area contributed by atoms with E-state index >= 15 is 0 Å². The van der Waals surface area contributed by atoms with Crippen LogP contribution in [0.25, 0.3) is 0 Å². The van der Waals surface area contributed by atoms with Crippen molar-refractivity contribution in [3.8, 4) is 0 Å². The Balaban J connectivity index is 1.89. The highest BCUT2D eigenvalue weighted by atomic mass is 19.1. The van der Waals surface area contributed by atoms with Crippen molar-refractivity contribution >= 4 is 5.97 Å². The maximum atomic E-state index is 13.3. The van der Waals surface area contributed by atoms with Gasteiger partial charge in [0, 0.05) is 0 Å². The van der Waals surface area contributed by atoms with Crippen LogP contribution in [0.15, 0.2) is 42.5 Å². The summed E-state index contributed by atoms with van der Waals surface area (Å²) in [6.45, 7) is 0. The number of hydrogen-bond donors (Lipinski definition) is 1. The number of aliphatic carboxylic acids is 1. The van der Waals surface area contributed by atoms with E-state index in [4.69, 9.17) is 0 Å². The predicted octanol–water partition coefficient (Wildman–Crippen LogP) is 4.12. The van der Waals surface area contributed by atoms with Crippen LogP contribution in [0.5, 0.6) is 0 Å². The van der Waals surface area contributed by atoms with Gasteiger partial charge in [-0.2, -0.15) is 0 Å². The number of rotatable bonds is 4. The molecule has 3 heteroatoms. The van der Waals surface area contributed by atoms with Crippen LogP contribution in [0.1, 0.15) is 41.0 Å². The van der Waals surface area contributed by atoms with Gasteiger partial charge in [0.05, 0.1) is 5.92 Å². The van der Waals surface area contributed by atoms with Crippen molar-refractivity contribution < 1.29 is 14.3 Å². The normalized spacial score (nSPS) is 15.1. The van der Waals surface area contributed by atoms with Gasteiger partial charge in [0.15, 0.2) is 0 Å². The summed E-state index contributed by atoms with van der Waals surface area (Å²) in [5.74, 6) is -1.82. The first kappa shape index (κ1) is 14.8. The summed E-state index contributed by atoms with van der Waals surface area (Å²) in [4.78, 5) is 11.7. The molecule has 0 heterocycles. The van der Waals surface area contributed by atoms with Crippen molar-refractivity contribution in [1.29, 1.82) is 0 Å². The molecule has 0 saturated heterocycles. The van der Waals surface area contributed by atoms with Crippen molar-refractivity contribution in [2.45, 2.75) is 38.0 Å². The van der Waals surface area contributed by atoms with Crippen LogP contribution in [-0.2, 0) is 24.1 Å². The largest absolute Gasteiger partial charge is 0.481 e. The van der Waals surface area contributed by atoms with Crippen LogP contribution in [0.4, 0.5) is 4.39 Å². The Bertz CT molecular complexity index is 694. The molecule has 3 rings (SSSR count). The SMILES string of the molecule is O=C(O)C(Cc1cccc(F)c1)c1ccc2c(c1)CCCC2. The lowest BCUT2D eigenvalue weighted by atomic mass is 9.85. The molecule has 0 aliphatic heterocycles. The molecule has 0 spiro atoms. The van der Waals surface area contributed by atoms with Gasteiger partial charge in [-0.25, -0.2) is 4.39 Å². The Labute approximate surface area is 129 Å². The third-order valence-electron chi connectivity index (χ3n) is 4.40. The van der Waals surface area contributed by atoms with Gasteiger partial charge in [-0.05, 0) is 66.5 Å². The summed E-state index contributed by atoms with van der Waals surface area (Å²) in [5, 5.41) is 9.57.